The number of hydrogen-bond donors (Lipinski definition) is 1. The highest BCUT2D eigenvalue weighted by Gasteiger charge is 2.05. The monoisotopic (exact) mass is 296 g/mol. The second-order valence-corrected chi connectivity index (χ2v) is 4.12. The summed E-state index contributed by atoms with van der Waals surface area (Å²) < 4.78 is 4.93. The predicted molar refractivity (Wildman–Crippen MR) is 90.1 cm³/mol. The van der Waals surface area contributed by atoms with Crippen LogP contribution in [0.2, 0.25) is 0 Å². The Kier molecular flexibility index (Phi) is 19.4. The largest absolute Gasteiger partial charge is 0.380 e. The molecule has 122 valence electrons. The summed E-state index contributed by atoms with van der Waals surface area (Å²) in [6.45, 7) is 6.66. The van der Waals surface area contributed by atoms with Crippen molar-refractivity contribution in [3.63, 3.8) is 0 Å². The summed E-state index contributed by atoms with van der Waals surface area (Å²) in [5.74, 6) is 0. The third kappa shape index (κ3) is 13.4. The molecule has 1 fully saturated rings. The van der Waals surface area contributed by atoms with Gasteiger partial charge in [0.25, 0.3) is 0 Å². The molecular weight excluding hydrogens is 264 g/mol. The van der Waals surface area contributed by atoms with Gasteiger partial charge in [-0.2, -0.15) is 0 Å². The molecule has 0 unspecified atom stereocenters. The van der Waals surface area contributed by atoms with Crippen LogP contribution in [0.5, 0.6) is 0 Å². The fourth-order valence-electron chi connectivity index (χ4n) is 1.76. The van der Waals surface area contributed by atoms with E-state index in [4.69, 9.17) is 4.74 Å². The number of nitrogens with zero attached hydrogens (tertiary/aromatic N) is 1. The van der Waals surface area contributed by atoms with Crippen LogP contribution in [0.1, 0.15) is 38.7 Å². The van der Waals surface area contributed by atoms with E-state index >= 15 is 0 Å². The lowest BCUT2D eigenvalue weighted by atomic mass is 10.1. The lowest BCUT2D eigenvalue weighted by Gasteiger charge is -2.21. The minimum Gasteiger partial charge on any atom is -0.380 e. The maximum absolute atomic E-state index is 10.1. The van der Waals surface area contributed by atoms with E-state index in [9.17, 15) is 4.79 Å². The molecule has 0 radical (unpaired) electrons. The summed E-state index contributed by atoms with van der Waals surface area (Å²) in [5, 5.41) is 0. The Morgan fingerprint density at radius 1 is 1.10 bits per heavy atom. The van der Waals surface area contributed by atoms with Crippen molar-refractivity contribution in [2.75, 3.05) is 27.2 Å². The minimum atomic E-state index is 0.709. The fraction of sp³-hybridized carbons (Fsp3) is 0.588. The first-order valence-electron chi connectivity index (χ1n) is 7.66. The number of hydrogen-bond acceptors (Lipinski definition) is 3. The average Bonchev–Trinajstić information content (AvgIpc) is 2.61. The molecule has 1 aliphatic rings. The van der Waals surface area contributed by atoms with Gasteiger partial charge >= 0.3 is 0 Å². The second kappa shape index (κ2) is 18.6. The normalized spacial score (nSPS) is 12.5. The lowest BCUT2D eigenvalue weighted by Crippen LogP contribution is -2.27. The molecule has 2 N–H and O–H groups in total. The van der Waals surface area contributed by atoms with Gasteiger partial charge in [-0.1, -0.05) is 44.2 Å². The number of piperidine rings is 1. The van der Waals surface area contributed by atoms with E-state index < -0.39 is 0 Å². The van der Waals surface area contributed by atoms with E-state index in [0.717, 1.165) is 19.5 Å². The van der Waals surface area contributed by atoms with Crippen molar-refractivity contribution in [2.24, 2.45) is 5.73 Å². The van der Waals surface area contributed by atoms with E-state index in [0.29, 0.717) is 6.61 Å². The molecule has 0 aromatic heterocycles. The lowest BCUT2D eigenvalue weighted by molar-refractivity contribution is -0.118. The second-order valence-electron chi connectivity index (χ2n) is 4.12. The van der Waals surface area contributed by atoms with E-state index in [1.54, 1.807) is 7.11 Å². The van der Waals surface area contributed by atoms with Gasteiger partial charge in [-0.25, -0.2) is 0 Å². The molecular formula is C17H32N2O2. The zero-order valence-corrected chi connectivity index (χ0v) is 14.0. The zero-order chi connectivity index (χ0) is 16.3. The molecule has 4 heteroatoms. The van der Waals surface area contributed by atoms with E-state index in [-0.39, 0.29) is 0 Å². The van der Waals surface area contributed by atoms with Crippen LogP contribution in [0.3, 0.4) is 0 Å². The highest BCUT2D eigenvalue weighted by atomic mass is 16.5. The van der Waals surface area contributed by atoms with E-state index in [1.807, 2.05) is 49.1 Å². The molecule has 21 heavy (non-hydrogen) atoms. The van der Waals surface area contributed by atoms with Crippen molar-refractivity contribution >= 4 is 6.41 Å². The molecule has 1 aromatic carbocycles. The van der Waals surface area contributed by atoms with Gasteiger partial charge < -0.3 is 15.4 Å². The van der Waals surface area contributed by atoms with Gasteiger partial charge in [0.1, 0.15) is 0 Å². The molecule has 4 nitrogen and oxygen atoms in total. The van der Waals surface area contributed by atoms with Crippen molar-refractivity contribution in [1.82, 2.24) is 4.90 Å². The molecule has 1 saturated heterocycles. The number of carbonyl (C=O) groups is 1. The first kappa shape index (κ1) is 21.9. The number of likely N-dealkylation sites (tertiary alicyclic amines) is 1. The minimum absolute atomic E-state index is 0.709. The smallest absolute Gasteiger partial charge is 0.209 e. The Hall–Kier alpha value is -1.39. The quantitative estimate of drug-likeness (QED) is 0.872. The van der Waals surface area contributed by atoms with Gasteiger partial charge in [-0.3, -0.25) is 4.79 Å². The van der Waals surface area contributed by atoms with Crippen LogP contribution < -0.4 is 5.73 Å². The molecule has 0 aliphatic carbocycles. The van der Waals surface area contributed by atoms with Gasteiger partial charge in [-0.05, 0) is 31.9 Å². The summed E-state index contributed by atoms with van der Waals surface area (Å²) in [5.41, 5.74) is 5.72. The van der Waals surface area contributed by atoms with Gasteiger partial charge in [-0.15, -0.1) is 0 Å². The topological polar surface area (TPSA) is 55.6 Å². The Labute approximate surface area is 130 Å². The Morgan fingerprint density at radius 2 is 1.62 bits per heavy atom. The van der Waals surface area contributed by atoms with Gasteiger partial charge in [0.05, 0.1) is 6.61 Å². The number of amides is 1. The van der Waals surface area contributed by atoms with Gasteiger partial charge in [0.15, 0.2) is 0 Å². The summed E-state index contributed by atoms with van der Waals surface area (Å²) >= 11 is 0. The SMILES string of the molecule is CC.CN.COCc1ccccc1.O=CN1CCCCC1. The number of rotatable bonds is 3. The van der Waals surface area contributed by atoms with Crippen LogP contribution in [0.15, 0.2) is 30.3 Å². The van der Waals surface area contributed by atoms with Crippen molar-refractivity contribution in [3.05, 3.63) is 35.9 Å². The van der Waals surface area contributed by atoms with Gasteiger partial charge in [0.2, 0.25) is 6.41 Å². The predicted octanol–water partition coefficient (Wildman–Crippen LogP) is 3.06. The van der Waals surface area contributed by atoms with Crippen molar-refractivity contribution in [3.8, 4) is 0 Å². The Bertz CT molecular complexity index is 299. The average molecular weight is 296 g/mol. The zero-order valence-electron chi connectivity index (χ0n) is 14.0. The van der Waals surface area contributed by atoms with Crippen LogP contribution >= 0.6 is 0 Å². The summed E-state index contributed by atoms with van der Waals surface area (Å²) in [6.07, 6.45) is 4.63. The molecule has 1 amide bonds. The molecule has 0 spiro atoms. The molecule has 0 bridgehead atoms. The highest BCUT2D eigenvalue weighted by molar-refractivity contribution is 5.46. The maximum Gasteiger partial charge on any atom is 0.209 e. The first-order chi connectivity index (χ1) is 10.4. The van der Waals surface area contributed by atoms with Crippen molar-refractivity contribution in [2.45, 2.75) is 39.7 Å². The molecule has 0 atom stereocenters. The number of methoxy groups -OCH3 is 1. The van der Waals surface area contributed by atoms with E-state index in [1.165, 1.54) is 31.9 Å². The molecule has 0 saturated carbocycles. The third-order valence-corrected chi connectivity index (χ3v) is 2.69. The van der Waals surface area contributed by atoms with Crippen LogP contribution in [0.25, 0.3) is 0 Å². The number of ether oxygens (including phenoxy) is 1. The molecule has 2 rings (SSSR count). The molecule has 1 heterocycles. The Morgan fingerprint density at radius 3 is 2.00 bits per heavy atom. The number of benzene rings is 1. The Balaban J connectivity index is 0. The standard InChI is InChI=1S/C8H10O.C6H11NO.C2H6.CH5N/c1-9-7-8-5-3-2-4-6-8;8-6-7-4-2-1-3-5-7;2*1-2/h2-6H,7H2,1H3;6H,1-5H2;1-2H3;2H2,1H3. The van der Waals surface area contributed by atoms with Crippen LogP contribution in [0, 0.1) is 0 Å². The van der Waals surface area contributed by atoms with Gasteiger partial charge in [0, 0.05) is 20.2 Å². The number of nitrogens with two attached hydrogens (primary N) is 1. The van der Waals surface area contributed by atoms with E-state index in [2.05, 4.69) is 5.73 Å². The molecule has 1 aliphatic heterocycles. The summed E-state index contributed by atoms with van der Waals surface area (Å²) in [7, 11) is 3.20. The first-order valence-corrected chi connectivity index (χ1v) is 7.66. The van der Waals surface area contributed by atoms with Crippen molar-refractivity contribution in [1.29, 1.82) is 0 Å². The summed E-state index contributed by atoms with van der Waals surface area (Å²) in [6, 6.07) is 10.1. The van der Waals surface area contributed by atoms with Crippen LogP contribution in [-0.2, 0) is 16.1 Å². The van der Waals surface area contributed by atoms with Crippen molar-refractivity contribution < 1.29 is 9.53 Å². The fourth-order valence-corrected chi connectivity index (χ4v) is 1.76. The van der Waals surface area contributed by atoms with Crippen LogP contribution in [0.4, 0.5) is 0 Å². The third-order valence-electron chi connectivity index (χ3n) is 2.69. The number of carbonyl (C=O) groups excluding carboxylic acids is 1. The summed E-state index contributed by atoms with van der Waals surface area (Å²) in [4.78, 5) is 11.9. The highest BCUT2D eigenvalue weighted by Crippen LogP contribution is 2.05. The van der Waals surface area contributed by atoms with Crippen LogP contribution in [-0.4, -0.2) is 38.6 Å². The maximum atomic E-state index is 10.1. The molecule has 1 aromatic rings.